The number of amides is 1. The molecule has 0 spiro atoms. The highest BCUT2D eigenvalue weighted by molar-refractivity contribution is 6.30. The van der Waals surface area contributed by atoms with E-state index in [4.69, 9.17) is 21.3 Å². The van der Waals surface area contributed by atoms with E-state index in [9.17, 15) is 4.79 Å². The average Bonchev–Trinajstić information content (AvgIpc) is 3.41. The summed E-state index contributed by atoms with van der Waals surface area (Å²) in [7, 11) is 0. The lowest BCUT2D eigenvalue weighted by Gasteiger charge is -2.11. The number of nitrogens with one attached hydrogen (secondary N) is 1. The second-order valence-electron chi connectivity index (χ2n) is 7.83. The zero-order valence-corrected chi connectivity index (χ0v) is 17.9. The summed E-state index contributed by atoms with van der Waals surface area (Å²) in [5, 5.41) is 3.75. The highest BCUT2D eigenvalue weighted by Gasteiger charge is 2.22. The number of halogens is 1. The van der Waals surface area contributed by atoms with Gasteiger partial charge in [-0.15, -0.1) is 0 Å². The van der Waals surface area contributed by atoms with Crippen LogP contribution in [0, 0.1) is 0 Å². The van der Waals surface area contributed by atoms with E-state index >= 15 is 0 Å². The van der Waals surface area contributed by atoms with Gasteiger partial charge in [0.1, 0.15) is 11.9 Å². The number of rotatable bonds is 9. The molecule has 4 rings (SSSR count). The fourth-order valence-corrected chi connectivity index (χ4v) is 4.09. The number of hydrogen-bond acceptors (Lipinski definition) is 3. The van der Waals surface area contributed by atoms with E-state index in [-0.39, 0.29) is 12.0 Å². The normalized spacial score (nSPS) is 16.2. The summed E-state index contributed by atoms with van der Waals surface area (Å²) in [5.41, 5.74) is 3.40. The Labute approximate surface area is 182 Å². The Morgan fingerprint density at radius 1 is 1.13 bits per heavy atom. The minimum absolute atomic E-state index is 0.0391. The van der Waals surface area contributed by atoms with Crippen molar-refractivity contribution >= 4 is 28.5 Å². The molecule has 30 heavy (non-hydrogen) atoms. The molecule has 1 amide bonds. The molecule has 1 fully saturated rings. The zero-order valence-electron chi connectivity index (χ0n) is 17.1. The number of carbonyl (C=O) groups excluding carboxylic acids is 1. The maximum absolute atomic E-state index is 12.0. The Hall–Kier alpha value is -2.37. The van der Waals surface area contributed by atoms with Crippen LogP contribution in [0.25, 0.3) is 11.0 Å². The van der Waals surface area contributed by atoms with E-state index < -0.39 is 0 Å². The summed E-state index contributed by atoms with van der Waals surface area (Å²) in [4.78, 5) is 16.9. The summed E-state index contributed by atoms with van der Waals surface area (Å²) >= 11 is 6.03. The molecule has 3 aromatic rings. The SMILES string of the molecule is O=C(NCCCCCc1nc2ccccc2n1Cc1ccc(Cl)cc1)C1CCCO1. The highest BCUT2D eigenvalue weighted by atomic mass is 35.5. The Morgan fingerprint density at radius 3 is 2.77 bits per heavy atom. The minimum atomic E-state index is -0.238. The summed E-state index contributed by atoms with van der Waals surface area (Å²) in [5.74, 6) is 1.15. The number of hydrogen-bond donors (Lipinski definition) is 1. The molecule has 6 heteroatoms. The summed E-state index contributed by atoms with van der Waals surface area (Å²) < 4.78 is 7.72. The van der Waals surface area contributed by atoms with Gasteiger partial charge in [-0.2, -0.15) is 0 Å². The third kappa shape index (κ3) is 5.21. The van der Waals surface area contributed by atoms with Gasteiger partial charge >= 0.3 is 0 Å². The first-order valence-corrected chi connectivity index (χ1v) is 11.2. The molecule has 5 nitrogen and oxygen atoms in total. The number of unbranched alkanes of at least 4 members (excludes halogenated alkanes) is 2. The molecule has 158 valence electrons. The molecule has 1 N–H and O–H groups in total. The fraction of sp³-hybridized carbons (Fsp3) is 0.417. The Bertz CT molecular complexity index is 978. The molecule has 1 aliphatic rings. The van der Waals surface area contributed by atoms with Crippen molar-refractivity contribution in [3.8, 4) is 0 Å². The second kappa shape index (κ2) is 10.1. The van der Waals surface area contributed by atoms with E-state index in [1.165, 1.54) is 5.56 Å². The van der Waals surface area contributed by atoms with Crippen molar-refractivity contribution in [2.24, 2.45) is 0 Å². The molecular weight excluding hydrogens is 398 g/mol. The van der Waals surface area contributed by atoms with Crippen molar-refractivity contribution in [2.75, 3.05) is 13.2 Å². The first kappa shape index (κ1) is 20.9. The fourth-order valence-electron chi connectivity index (χ4n) is 3.96. The first-order valence-electron chi connectivity index (χ1n) is 10.8. The molecule has 0 saturated carbocycles. The van der Waals surface area contributed by atoms with Gasteiger partial charge in [-0.25, -0.2) is 4.98 Å². The van der Waals surface area contributed by atoms with Gasteiger partial charge in [-0.05, 0) is 55.5 Å². The number of fused-ring (bicyclic) bond motifs is 1. The van der Waals surface area contributed by atoms with Crippen LogP contribution in [-0.4, -0.2) is 34.7 Å². The van der Waals surface area contributed by atoms with Gasteiger partial charge in [0.15, 0.2) is 0 Å². The lowest BCUT2D eigenvalue weighted by Crippen LogP contribution is -2.34. The smallest absolute Gasteiger partial charge is 0.249 e. The van der Waals surface area contributed by atoms with Gasteiger partial charge in [0.05, 0.1) is 11.0 Å². The number of benzene rings is 2. The van der Waals surface area contributed by atoms with Crippen molar-refractivity contribution in [2.45, 2.75) is 51.2 Å². The molecule has 1 atom stereocenters. The third-order valence-corrected chi connectivity index (χ3v) is 5.84. The van der Waals surface area contributed by atoms with Crippen LogP contribution in [0.15, 0.2) is 48.5 Å². The monoisotopic (exact) mass is 425 g/mol. The summed E-state index contributed by atoms with van der Waals surface area (Å²) in [6, 6.07) is 16.3. The van der Waals surface area contributed by atoms with Crippen LogP contribution in [0.4, 0.5) is 0 Å². The number of nitrogens with zero attached hydrogens (tertiary/aromatic N) is 2. The lowest BCUT2D eigenvalue weighted by molar-refractivity contribution is -0.130. The molecule has 1 aliphatic heterocycles. The predicted molar refractivity (Wildman–Crippen MR) is 120 cm³/mol. The molecule has 1 saturated heterocycles. The average molecular weight is 426 g/mol. The van der Waals surface area contributed by atoms with E-state index in [0.717, 1.165) is 67.0 Å². The molecule has 2 aromatic carbocycles. The van der Waals surface area contributed by atoms with Crippen molar-refractivity contribution in [1.29, 1.82) is 0 Å². The van der Waals surface area contributed by atoms with Gasteiger partial charge in [-0.3, -0.25) is 4.79 Å². The topological polar surface area (TPSA) is 56.2 Å². The van der Waals surface area contributed by atoms with E-state index in [2.05, 4.69) is 40.2 Å². The Morgan fingerprint density at radius 2 is 1.97 bits per heavy atom. The quantitative estimate of drug-likeness (QED) is 0.503. The van der Waals surface area contributed by atoms with Gasteiger partial charge in [0.25, 0.3) is 0 Å². The Kier molecular flexibility index (Phi) is 7.03. The van der Waals surface area contributed by atoms with Crippen LogP contribution in [-0.2, 0) is 22.5 Å². The van der Waals surface area contributed by atoms with Crippen molar-refractivity contribution in [3.05, 3.63) is 64.9 Å². The molecular formula is C24H28ClN3O2. The van der Waals surface area contributed by atoms with Crippen LogP contribution in [0.3, 0.4) is 0 Å². The minimum Gasteiger partial charge on any atom is -0.368 e. The number of aromatic nitrogens is 2. The zero-order chi connectivity index (χ0) is 20.8. The highest BCUT2D eigenvalue weighted by Crippen LogP contribution is 2.20. The van der Waals surface area contributed by atoms with Crippen LogP contribution in [0.1, 0.15) is 43.5 Å². The molecule has 0 bridgehead atoms. The number of para-hydroxylation sites is 2. The van der Waals surface area contributed by atoms with Crippen LogP contribution < -0.4 is 5.32 Å². The van der Waals surface area contributed by atoms with Gasteiger partial charge < -0.3 is 14.6 Å². The van der Waals surface area contributed by atoms with Crippen LogP contribution in [0.2, 0.25) is 5.02 Å². The van der Waals surface area contributed by atoms with Crippen molar-refractivity contribution in [3.63, 3.8) is 0 Å². The number of ether oxygens (including phenoxy) is 1. The van der Waals surface area contributed by atoms with Crippen LogP contribution >= 0.6 is 11.6 Å². The number of imidazole rings is 1. The maximum Gasteiger partial charge on any atom is 0.249 e. The molecule has 0 aliphatic carbocycles. The molecule has 1 unspecified atom stereocenters. The van der Waals surface area contributed by atoms with E-state index in [1.807, 2.05) is 18.2 Å². The van der Waals surface area contributed by atoms with Crippen molar-refractivity contribution < 1.29 is 9.53 Å². The maximum atomic E-state index is 12.0. The van der Waals surface area contributed by atoms with Gasteiger partial charge in [0, 0.05) is 31.1 Å². The van der Waals surface area contributed by atoms with Gasteiger partial charge in [-0.1, -0.05) is 42.3 Å². The number of aryl methyl sites for hydroxylation is 1. The summed E-state index contributed by atoms with van der Waals surface area (Å²) in [6.07, 6.45) is 5.57. The lowest BCUT2D eigenvalue weighted by atomic mass is 10.1. The van der Waals surface area contributed by atoms with E-state index in [1.54, 1.807) is 0 Å². The third-order valence-electron chi connectivity index (χ3n) is 5.59. The van der Waals surface area contributed by atoms with Crippen molar-refractivity contribution in [1.82, 2.24) is 14.9 Å². The summed E-state index contributed by atoms with van der Waals surface area (Å²) in [6.45, 7) is 2.19. The first-order chi connectivity index (χ1) is 14.7. The largest absolute Gasteiger partial charge is 0.368 e. The van der Waals surface area contributed by atoms with Gasteiger partial charge in [0.2, 0.25) is 5.91 Å². The standard InChI is InChI=1S/C24H28ClN3O2/c25-19-13-11-18(12-14-19)17-28-21-8-4-3-7-20(21)27-23(28)10-2-1-5-15-26-24(29)22-9-6-16-30-22/h3-4,7-8,11-14,22H,1-2,5-6,9-10,15-17H2,(H,26,29). The Balaban J connectivity index is 1.32. The molecule has 0 radical (unpaired) electrons. The second-order valence-corrected chi connectivity index (χ2v) is 8.27. The van der Waals surface area contributed by atoms with Crippen LogP contribution in [0.5, 0.6) is 0 Å². The molecule has 2 heterocycles. The predicted octanol–water partition coefficient (Wildman–Crippen LogP) is 4.75. The van der Waals surface area contributed by atoms with E-state index in [0.29, 0.717) is 13.2 Å². The number of carbonyl (C=O) groups is 1. The molecule has 1 aromatic heterocycles.